The Morgan fingerprint density at radius 1 is 1.14 bits per heavy atom. The molecule has 1 aliphatic heterocycles. The molecule has 1 aromatic heterocycles. The van der Waals surface area contributed by atoms with Gasteiger partial charge >= 0.3 is 0 Å². The SMILES string of the molecule is CCC(=O)N1CCc2ccc(OCc3ccc(C(=O)NCCOC)o3)cc2C1c1cccc(C)c1. The zero-order valence-corrected chi connectivity index (χ0v) is 20.5. The standard InChI is InChI=1S/C28H32N2O5/c1-4-26(31)30-14-12-20-8-9-22(17-24(20)27(30)21-7-5-6-19(2)16-21)34-18-23-10-11-25(35-23)28(32)29-13-15-33-3/h5-11,16-17,27H,4,12-15,18H2,1-3H3,(H,29,32). The van der Waals surface area contributed by atoms with Gasteiger partial charge in [0.25, 0.3) is 5.91 Å². The van der Waals surface area contributed by atoms with E-state index in [-0.39, 0.29) is 30.2 Å². The maximum absolute atomic E-state index is 12.8. The van der Waals surface area contributed by atoms with Crippen LogP contribution in [0.5, 0.6) is 5.75 Å². The second kappa shape index (κ2) is 11.2. The van der Waals surface area contributed by atoms with Gasteiger partial charge in [-0.25, -0.2) is 0 Å². The van der Waals surface area contributed by atoms with Crippen molar-refractivity contribution in [2.45, 2.75) is 39.3 Å². The van der Waals surface area contributed by atoms with Crippen molar-refractivity contribution in [2.24, 2.45) is 0 Å². The van der Waals surface area contributed by atoms with Crippen LogP contribution in [0.15, 0.2) is 59.0 Å². The number of nitrogens with one attached hydrogen (secondary N) is 1. The number of fused-ring (bicyclic) bond motifs is 1. The zero-order valence-electron chi connectivity index (χ0n) is 20.5. The lowest BCUT2D eigenvalue weighted by Crippen LogP contribution is -2.40. The van der Waals surface area contributed by atoms with Crippen molar-refractivity contribution in [3.8, 4) is 5.75 Å². The molecule has 1 aliphatic rings. The van der Waals surface area contributed by atoms with Crippen molar-refractivity contribution in [3.63, 3.8) is 0 Å². The molecule has 7 heteroatoms. The summed E-state index contributed by atoms with van der Waals surface area (Å²) in [5, 5.41) is 2.73. The fraction of sp³-hybridized carbons (Fsp3) is 0.357. The molecule has 4 rings (SSSR count). The second-order valence-electron chi connectivity index (χ2n) is 8.67. The van der Waals surface area contributed by atoms with Gasteiger partial charge < -0.3 is 24.1 Å². The van der Waals surface area contributed by atoms with Gasteiger partial charge in [-0.05, 0) is 54.3 Å². The Labute approximate surface area is 206 Å². The van der Waals surface area contributed by atoms with E-state index in [1.165, 1.54) is 5.56 Å². The third-order valence-corrected chi connectivity index (χ3v) is 6.18. The van der Waals surface area contributed by atoms with Crippen LogP contribution in [-0.2, 0) is 22.6 Å². The van der Waals surface area contributed by atoms with Gasteiger partial charge in [0.1, 0.15) is 18.1 Å². The summed E-state index contributed by atoms with van der Waals surface area (Å²) in [6.45, 7) is 5.70. The minimum Gasteiger partial charge on any atom is -0.486 e. The lowest BCUT2D eigenvalue weighted by atomic mass is 9.87. The van der Waals surface area contributed by atoms with Crippen molar-refractivity contribution in [3.05, 3.63) is 88.4 Å². The van der Waals surface area contributed by atoms with Gasteiger partial charge in [0, 0.05) is 26.6 Å². The summed E-state index contributed by atoms with van der Waals surface area (Å²) >= 11 is 0. The van der Waals surface area contributed by atoms with E-state index in [1.54, 1.807) is 19.2 Å². The Morgan fingerprint density at radius 3 is 2.77 bits per heavy atom. The van der Waals surface area contributed by atoms with E-state index in [2.05, 4.69) is 36.5 Å². The number of rotatable bonds is 9. The Hall–Kier alpha value is -3.58. The predicted molar refractivity (Wildman–Crippen MR) is 132 cm³/mol. The van der Waals surface area contributed by atoms with Gasteiger partial charge in [-0.2, -0.15) is 0 Å². The van der Waals surface area contributed by atoms with Gasteiger partial charge in [-0.15, -0.1) is 0 Å². The number of nitrogens with zero attached hydrogens (tertiary/aromatic N) is 1. The monoisotopic (exact) mass is 476 g/mol. The Bertz CT molecular complexity index is 1190. The molecule has 0 spiro atoms. The number of methoxy groups -OCH3 is 1. The predicted octanol–water partition coefficient (Wildman–Crippen LogP) is 4.43. The number of benzene rings is 2. The van der Waals surface area contributed by atoms with E-state index in [9.17, 15) is 9.59 Å². The number of ether oxygens (including phenoxy) is 2. The van der Waals surface area contributed by atoms with Crippen LogP contribution in [0.25, 0.3) is 0 Å². The van der Waals surface area contributed by atoms with E-state index < -0.39 is 0 Å². The molecule has 0 bridgehead atoms. The molecule has 0 aliphatic carbocycles. The minimum atomic E-state index is -0.288. The summed E-state index contributed by atoms with van der Waals surface area (Å²) in [4.78, 5) is 26.9. The van der Waals surface area contributed by atoms with E-state index in [1.807, 2.05) is 30.0 Å². The molecular weight excluding hydrogens is 444 g/mol. The quantitative estimate of drug-likeness (QED) is 0.462. The molecule has 2 amide bonds. The first-order valence-electron chi connectivity index (χ1n) is 12.0. The summed E-state index contributed by atoms with van der Waals surface area (Å²) in [6, 6.07) is 17.6. The lowest BCUT2D eigenvalue weighted by Gasteiger charge is -2.38. The number of aryl methyl sites for hydroxylation is 1. The van der Waals surface area contributed by atoms with Gasteiger partial charge in [0.15, 0.2) is 5.76 Å². The number of amides is 2. The van der Waals surface area contributed by atoms with Crippen molar-refractivity contribution < 1.29 is 23.5 Å². The van der Waals surface area contributed by atoms with Crippen LogP contribution in [0.4, 0.5) is 0 Å². The molecule has 1 unspecified atom stereocenters. The van der Waals surface area contributed by atoms with Crippen LogP contribution in [-0.4, -0.2) is 43.5 Å². The highest BCUT2D eigenvalue weighted by atomic mass is 16.5. The molecule has 7 nitrogen and oxygen atoms in total. The maximum Gasteiger partial charge on any atom is 0.287 e. The average molecular weight is 477 g/mol. The van der Waals surface area contributed by atoms with Crippen LogP contribution in [0, 0.1) is 6.92 Å². The molecule has 35 heavy (non-hydrogen) atoms. The van der Waals surface area contributed by atoms with E-state index in [0.717, 1.165) is 23.1 Å². The summed E-state index contributed by atoms with van der Waals surface area (Å²) in [7, 11) is 1.58. The summed E-state index contributed by atoms with van der Waals surface area (Å²) < 4.78 is 16.6. The molecule has 184 valence electrons. The second-order valence-corrected chi connectivity index (χ2v) is 8.67. The van der Waals surface area contributed by atoms with Crippen molar-refractivity contribution in [1.82, 2.24) is 10.2 Å². The van der Waals surface area contributed by atoms with Gasteiger partial charge in [-0.3, -0.25) is 9.59 Å². The van der Waals surface area contributed by atoms with Crippen LogP contribution in [0.2, 0.25) is 0 Å². The number of carbonyl (C=O) groups excluding carboxylic acids is 2. The molecule has 2 heterocycles. The Kier molecular flexibility index (Phi) is 7.87. The summed E-state index contributed by atoms with van der Waals surface area (Å²) in [5.41, 5.74) is 4.56. The first-order valence-corrected chi connectivity index (χ1v) is 12.0. The molecule has 1 N–H and O–H groups in total. The third-order valence-electron chi connectivity index (χ3n) is 6.18. The first-order chi connectivity index (χ1) is 17.0. The van der Waals surface area contributed by atoms with Crippen LogP contribution in [0.1, 0.15) is 58.0 Å². The summed E-state index contributed by atoms with van der Waals surface area (Å²) in [6.07, 6.45) is 1.27. The normalized spacial score (nSPS) is 14.9. The molecule has 0 saturated heterocycles. The molecular formula is C28H32N2O5. The van der Waals surface area contributed by atoms with Crippen molar-refractivity contribution >= 4 is 11.8 Å². The fourth-order valence-electron chi connectivity index (χ4n) is 4.44. The third kappa shape index (κ3) is 5.74. The first kappa shape index (κ1) is 24.5. The number of hydrogen-bond acceptors (Lipinski definition) is 5. The topological polar surface area (TPSA) is 81.0 Å². The largest absolute Gasteiger partial charge is 0.486 e. The average Bonchev–Trinajstić information content (AvgIpc) is 3.35. The minimum absolute atomic E-state index is 0.139. The maximum atomic E-state index is 12.8. The molecule has 1 atom stereocenters. The van der Waals surface area contributed by atoms with Crippen LogP contribution < -0.4 is 10.1 Å². The number of furan rings is 1. The molecule has 0 fully saturated rings. The number of carbonyl (C=O) groups is 2. The molecule has 3 aromatic rings. The highest BCUT2D eigenvalue weighted by Gasteiger charge is 2.31. The van der Waals surface area contributed by atoms with Crippen molar-refractivity contribution in [2.75, 3.05) is 26.8 Å². The van der Waals surface area contributed by atoms with Crippen LogP contribution >= 0.6 is 0 Å². The molecule has 0 radical (unpaired) electrons. The van der Waals surface area contributed by atoms with Crippen LogP contribution in [0.3, 0.4) is 0 Å². The molecule has 0 saturated carbocycles. The lowest BCUT2D eigenvalue weighted by molar-refractivity contribution is -0.132. The Morgan fingerprint density at radius 2 is 2.00 bits per heavy atom. The number of hydrogen-bond donors (Lipinski definition) is 1. The summed E-state index contributed by atoms with van der Waals surface area (Å²) in [5.74, 6) is 1.33. The van der Waals surface area contributed by atoms with Gasteiger partial charge in [-0.1, -0.05) is 42.8 Å². The van der Waals surface area contributed by atoms with E-state index in [4.69, 9.17) is 13.9 Å². The molecule has 2 aromatic carbocycles. The van der Waals surface area contributed by atoms with Gasteiger partial charge in [0.2, 0.25) is 5.91 Å². The smallest absolute Gasteiger partial charge is 0.287 e. The highest BCUT2D eigenvalue weighted by Crippen LogP contribution is 2.38. The van der Waals surface area contributed by atoms with E-state index >= 15 is 0 Å². The Balaban J connectivity index is 1.53. The zero-order chi connectivity index (χ0) is 24.8. The van der Waals surface area contributed by atoms with Gasteiger partial charge in [0.05, 0.1) is 12.6 Å². The fourth-order valence-corrected chi connectivity index (χ4v) is 4.44. The van der Waals surface area contributed by atoms with Crippen molar-refractivity contribution in [1.29, 1.82) is 0 Å². The highest BCUT2D eigenvalue weighted by molar-refractivity contribution is 5.91. The van der Waals surface area contributed by atoms with E-state index in [0.29, 0.717) is 37.6 Å².